The Bertz CT molecular complexity index is 811. The van der Waals surface area contributed by atoms with E-state index in [9.17, 15) is 9.90 Å². The van der Waals surface area contributed by atoms with Crippen LogP contribution in [0.15, 0.2) is 35.5 Å². The number of fused-ring (bicyclic) bond motifs is 1. The number of aromatic amines is 1. The van der Waals surface area contributed by atoms with Gasteiger partial charge >= 0.3 is 5.69 Å². The van der Waals surface area contributed by atoms with Crippen molar-refractivity contribution in [3.8, 4) is 5.69 Å². The molecule has 20 heavy (non-hydrogen) atoms. The minimum Gasteiger partial charge on any atom is -0.384 e. The maximum absolute atomic E-state index is 12.0. The second-order valence-electron chi connectivity index (χ2n) is 4.95. The van der Waals surface area contributed by atoms with Gasteiger partial charge in [-0.15, -0.1) is 0 Å². The van der Waals surface area contributed by atoms with Gasteiger partial charge in [0.05, 0.1) is 17.6 Å². The number of imidazole rings is 1. The van der Waals surface area contributed by atoms with Gasteiger partial charge in [-0.25, -0.2) is 19.3 Å². The fourth-order valence-electron chi connectivity index (χ4n) is 1.96. The summed E-state index contributed by atoms with van der Waals surface area (Å²) in [5.74, 6) is 0. The smallest absolute Gasteiger partial charge is 0.333 e. The fraction of sp³-hybridized carbons (Fsp3) is 0.231. The summed E-state index contributed by atoms with van der Waals surface area (Å²) < 4.78 is 1.39. The summed E-state index contributed by atoms with van der Waals surface area (Å²) in [5, 5.41) is 9.88. The molecule has 102 valence electrons. The van der Waals surface area contributed by atoms with Gasteiger partial charge < -0.3 is 5.11 Å². The lowest BCUT2D eigenvalue weighted by molar-refractivity contribution is 0.0738. The summed E-state index contributed by atoms with van der Waals surface area (Å²) in [6.07, 6.45) is 4.56. The minimum absolute atomic E-state index is 0.330. The number of H-pyrrole nitrogens is 1. The average molecular weight is 271 g/mol. The van der Waals surface area contributed by atoms with Gasteiger partial charge in [0.15, 0.2) is 11.3 Å². The third-order valence-electron chi connectivity index (χ3n) is 2.95. The molecule has 0 spiro atoms. The van der Waals surface area contributed by atoms with E-state index in [4.69, 9.17) is 0 Å². The highest BCUT2D eigenvalue weighted by atomic mass is 16.3. The number of nitrogens with zero attached hydrogens (tertiary/aromatic N) is 4. The van der Waals surface area contributed by atoms with Crippen LogP contribution < -0.4 is 5.69 Å². The maximum Gasteiger partial charge on any atom is 0.333 e. The summed E-state index contributed by atoms with van der Waals surface area (Å²) in [7, 11) is 0. The predicted molar refractivity (Wildman–Crippen MR) is 72.5 cm³/mol. The molecule has 7 nitrogen and oxygen atoms in total. The van der Waals surface area contributed by atoms with Crippen LogP contribution in [0.1, 0.15) is 19.5 Å². The van der Waals surface area contributed by atoms with Crippen molar-refractivity contribution in [2.45, 2.75) is 19.4 Å². The van der Waals surface area contributed by atoms with Gasteiger partial charge in [-0.2, -0.15) is 0 Å². The van der Waals surface area contributed by atoms with Gasteiger partial charge in [0.25, 0.3) is 0 Å². The molecule has 3 aromatic rings. The molecule has 0 bridgehead atoms. The van der Waals surface area contributed by atoms with Gasteiger partial charge in [-0.1, -0.05) is 0 Å². The third kappa shape index (κ3) is 1.97. The molecule has 0 unspecified atom stereocenters. The Morgan fingerprint density at radius 3 is 2.60 bits per heavy atom. The van der Waals surface area contributed by atoms with Crippen molar-refractivity contribution in [1.82, 2.24) is 24.5 Å². The number of nitrogens with one attached hydrogen (secondary N) is 1. The first-order valence-electron chi connectivity index (χ1n) is 6.08. The third-order valence-corrected chi connectivity index (χ3v) is 2.95. The largest absolute Gasteiger partial charge is 0.384 e. The van der Waals surface area contributed by atoms with Crippen molar-refractivity contribution in [2.24, 2.45) is 0 Å². The van der Waals surface area contributed by atoms with E-state index in [1.54, 1.807) is 26.0 Å². The first kappa shape index (κ1) is 12.5. The lowest BCUT2D eigenvalue weighted by Gasteiger charge is -2.16. The van der Waals surface area contributed by atoms with Crippen LogP contribution in [0.4, 0.5) is 0 Å². The Labute approximate surface area is 114 Å². The van der Waals surface area contributed by atoms with Crippen LogP contribution in [0.5, 0.6) is 0 Å². The van der Waals surface area contributed by atoms with Crippen LogP contribution in [0.2, 0.25) is 0 Å². The number of hydrogen-bond acceptors (Lipinski definition) is 5. The van der Waals surface area contributed by atoms with E-state index in [-0.39, 0.29) is 5.69 Å². The highest BCUT2D eigenvalue weighted by Crippen LogP contribution is 2.18. The van der Waals surface area contributed by atoms with Gasteiger partial charge in [0.1, 0.15) is 5.60 Å². The first-order valence-corrected chi connectivity index (χ1v) is 6.08. The van der Waals surface area contributed by atoms with Crippen molar-refractivity contribution in [3.63, 3.8) is 0 Å². The summed E-state index contributed by atoms with van der Waals surface area (Å²) in [5.41, 5.74) is 0.599. The molecule has 0 aliphatic heterocycles. The minimum atomic E-state index is -1.02. The maximum atomic E-state index is 12.0. The molecule has 3 heterocycles. The zero-order chi connectivity index (χ0) is 14.3. The molecular formula is C13H13N5O2. The summed E-state index contributed by atoms with van der Waals surface area (Å²) in [6.45, 7) is 3.30. The van der Waals surface area contributed by atoms with E-state index in [1.807, 2.05) is 0 Å². The fourth-order valence-corrected chi connectivity index (χ4v) is 1.96. The van der Waals surface area contributed by atoms with E-state index in [2.05, 4.69) is 19.9 Å². The van der Waals surface area contributed by atoms with E-state index >= 15 is 0 Å². The Kier molecular flexibility index (Phi) is 2.65. The Hall–Kier alpha value is -2.54. The molecular weight excluding hydrogens is 258 g/mol. The van der Waals surface area contributed by atoms with Crippen LogP contribution in [0, 0.1) is 0 Å². The molecule has 0 saturated carbocycles. The van der Waals surface area contributed by atoms with Crippen molar-refractivity contribution < 1.29 is 5.11 Å². The Morgan fingerprint density at radius 2 is 1.95 bits per heavy atom. The molecule has 0 radical (unpaired) electrons. The molecule has 0 saturated heterocycles. The summed E-state index contributed by atoms with van der Waals surface area (Å²) in [4.78, 5) is 27.0. The van der Waals surface area contributed by atoms with E-state index in [0.717, 1.165) is 0 Å². The zero-order valence-electron chi connectivity index (χ0n) is 11.0. The zero-order valence-corrected chi connectivity index (χ0v) is 11.0. The monoisotopic (exact) mass is 271 g/mol. The van der Waals surface area contributed by atoms with Crippen LogP contribution in [-0.4, -0.2) is 29.6 Å². The van der Waals surface area contributed by atoms with Gasteiger partial charge in [0.2, 0.25) is 0 Å². The van der Waals surface area contributed by atoms with Crippen LogP contribution in [0.25, 0.3) is 17.0 Å². The molecule has 0 aliphatic carbocycles. The van der Waals surface area contributed by atoms with Crippen molar-refractivity contribution in [3.05, 3.63) is 46.9 Å². The molecule has 0 amide bonds. The van der Waals surface area contributed by atoms with Gasteiger partial charge in [0, 0.05) is 12.4 Å². The number of rotatable bonds is 2. The second kappa shape index (κ2) is 4.24. The SMILES string of the molecule is CC(C)(O)c1ccc(-n2c(=O)[nH]c3nccnc32)cn1. The molecule has 7 heteroatoms. The quantitative estimate of drug-likeness (QED) is 0.716. The van der Waals surface area contributed by atoms with Crippen molar-refractivity contribution in [1.29, 1.82) is 0 Å². The lowest BCUT2D eigenvalue weighted by Crippen LogP contribution is -2.19. The number of aliphatic hydroxyl groups is 1. The average Bonchev–Trinajstić information content (AvgIpc) is 2.73. The molecule has 2 N–H and O–H groups in total. The molecule has 0 aromatic carbocycles. The molecule has 3 aromatic heterocycles. The predicted octanol–water partition coefficient (Wildman–Crippen LogP) is 0.731. The van der Waals surface area contributed by atoms with Gasteiger partial charge in [-0.3, -0.25) is 9.97 Å². The van der Waals surface area contributed by atoms with E-state index in [1.165, 1.54) is 23.2 Å². The summed E-state index contributed by atoms with van der Waals surface area (Å²) >= 11 is 0. The number of pyridine rings is 1. The highest BCUT2D eigenvalue weighted by molar-refractivity contribution is 5.67. The summed E-state index contributed by atoms with van der Waals surface area (Å²) in [6, 6.07) is 3.39. The molecule has 0 fully saturated rings. The lowest BCUT2D eigenvalue weighted by atomic mass is 10.1. The second-order valence-corrected chi connectivity index (χ2v) is 4.95. The normalized spacial score (nSPS) is 11.9. The van der Waals surface area contributed by atoms with Crippen molar-refractivity contribution in [2.75, 3.05) is 0 Å². The molecule has 3 rings (SSSR count). The van der Waals surface area contributed by atoms with Crippen molar-refractivity contribution >= 4 is 11.3 Å². The highest BCUT2D eigenvalue weighted by Gasteiger charge is 2.18. The molecule has 0 atom stereocenters. The molecule has 0 aliphatic rings. The number of hydrogen-bond donors (Lipinski definition) is 2. The number of aromatic nitrogens is 5. The first-order chi connectivity index (χ1) is 9.47. The Morgan fingerprint density at radius 1 is 1.20 bits per heavy atom. The van der Waals surface area contributed by atoms with Crippen LogP contribution in [-0.2, 0) is 5.60 Å². The standard InChI is InChI=1S/C13H13N5O2/c1-13(2,20)9-4-3-8(7-16-9)18-11-10(17-12(18)19)14-5-6-15-11/h3-7,20H,1-2H3,(H,14,17,19). The topological polar surface area (TPSA) is 96.7 Å². The van der Waals surface area contributed by atoms with Crippen LogP contribution >= 0.6 is 0 Å². The van der Waals surface area contributed by atoms with E-state index in [0.29, 0.717) is 22.7 Å². The Balaban J connectivity index is 2.17. The van der Waals surface area contributed by atoms with E-state index < -0.39 is 5.60 Å². The van der Waals surface area contributed by atoms with Crippen LogP contribution in [0.3, 0.4) is 0 Å². The van der Waals surface area contributed by atoms with Gasteiger partial charge in [-0.05, 0) is 26.0 Å².